The van der Waals surface area contributed by atoms with Crippen LogP contribution in [0.4, 0.5) is 0 Å². The first-order valence-electron chi connectivity index (χ1n) is 38.3. The Hall–Kier alpha value is -10.7. The van der Waals surface area contributed by atoms with Gasteiger partial charge in [0.2, 0.25) is 0 Å². The largest absolute Gasteiger partial charge is 0.0622 e. The maximum Gasteiger partial charge on any atom is 0.0272 e. The molecule has 0 nitrogen and oxygen atoms in total. The number of benzene rings is 15. The molecule has 0 heterocycles. The van der Waals surface area contributed by atoms with Crippen molar-refractivity contribution in [2.45, 2.75) is 75.0 Å². The molecule has 0 aliphatic heterocycles. The van der Waals surface area contributed by atoms with Crippen molar-refractivity contribution in [3.63, 3.8) is 0 Å². The quantitative estimate of drug-likeness (QED) is 0.140. The van der Waals surface area contributed by atoms with Crippen LogP contribution in [-0.4, -0.2) is 0 Å². The zero-order chi connectivity index (χ0) is 66.8. The predicted octanol–water partition coefficient (Wildman–Crippen LogP) is 27.1. The third kappa shape index (κ3) is 8.68. The third-order valence-corrected chi connectivity index (χ3v) is 27.3. The molecule has 0 unspecified atom stereocenters. The number of hydrogen-bond acceptors (Lipinski definition) is 0. The minimum Gasteiger partial charge on any atom is -0.0622 e. The fraction of sp³-hybridized carbons (Fsp3) is 0.196. The zero-order valence-corrected chi connectivity index (χ0v) is 57.7. The van der Waals surface area contributed by atoms with Crippen molar-refractivity contribution >= 4 is 43.1 Å². The highest BCUT2D eigenvalue weighted by atomic mass is 14.7. The van der Waals surface area contributed by atoms with E-state index in [0.29, 0.717) is 0 Å². The molecule has 488 valence electrons. The van der Waals surface area contributed by atoms with Gasteiger partial charge in [-0.1, -0.05) is 297 Å². The summed E-state index contributed by atoms with van der Waals surface area (Å²) in [5.74, 6) is 6.80. The average Bonchev–Trinajstić information content (AvgIpc) is 1.50. The molecular formula is C102H80. The van der Waals surface area contributed by atoms with E-state index in [-0.39, 0.29) is 10.8 Å². The van der Waals surface area contributed by atoms with Gasteiger partial charge in [0.05, 0.1) is 0 Å². The van der Waals surface area contributed by atoms with Crippen LogP contribution in [0.15, 0.2) is 315 Å². The van der Waals surface area contributed by atoms with E-state index in [2.05, 4.69) is 315 Å². The molecule has 0 atom stereocenters. The van der Waals surface area contributed by atoms with E-state index < -0.39 is 0 Å². The summed E-state index contributed by atoms with van der Waals surface area (Å²) in [6.07, 6.45) is 14.2. The van der Waals surface area contributed by atoms with Crippen LogP contribution in [0.3, 0.4) is 0 Å². The molecular weight excluding hydrogens is 1230 g/mol. The Labute approximate surface area is 599 Å². The molecule has 0 amide bonds. The number of fused-ring (bicyclic) bond motifs is 10. The van der Waals surface area contributed by atoms with Gasteiger partial charge in [-0.05, 0) is 295 Å². The maximum absolute atomic E-state index is 2.67. The van der Waals surface area contributed by atoms with E-state index in [0.717, 1.165) is 47.3 Å². The Kier molecular flexibility index (Phi) is 13.3. The summed E-state index contributed by atoms with van der Waals surface area (Å²) in [6, 6.07) is 120. The van der Waals surface area contributed by atoms with E-state index in [4.69, 9.17) is 0 Å². The standard InChI is InChI=1S/C54H42.C48H38/c1-2-10-36(11-3-1)37-18-20-38(21-19-37)39-22-24-40(25-23-39)52-46-13-4-6-15-48(46)53(49-16-7-5-14-47(49)52)41-26-27-45-44-12-8-9-17-50(44)54(51(45)33-41)42-29-34-28-35(31-42)32-43(54)30-34;1-2-11-32(12-3-1)33-13-10-14-34(28-33)46-40-16-4-6-18-42(40)47(43-19-7-5-17-41(43)46)35-21-22-39-38-15-8-9-20-44(38)48(45(39)29-35)36-24-30-23-31(26-36)27-37(48)25-30/h1-27,33-35,42-43H,28-32H2;1-22,28-31,36-37H,23-27H2. The molecule has 0 heteroatoms. The van der Waals surface area contributed by atoms with E-state index in [1.54, 1.807) is 22.3 Å². The van der Waals surface area contributed by atoms with E-state index in [1.807, 2.05) is 0 Å². The van der Waals surface area contributed by atoms with Gasteiger partial charge in [-0.3, -0.25) is 0 Å². The van der Waals surface area contributed by atoms with Crippen molar-refractivity contribution < 1.29 is 0 Å². The molecule has 2 spiro atoms. The van der Waals surface area contributed by atoms with Crippen molar-refractivity contribution in [1.29, 1.82) is 0 Å². The van der Waals surface area contributed by atoms with Crippen molar-refractivity contribution in [1.82, 2.24) is 0 Å². The molecule has 15 aromatic carbocycles. The predicted molar refractivity (Wildman–Crippen MR) is 427 cm³/mol. The third-order valence-electron chi connectivity index (χ3n) is 27.3. The monoisotopic (exact) mass is 1300 g/mol. The highest BCUT2D eigenvalue weighted by Crippen LogP contribution is 2.72. The Morgan fingerprint density at radius 2 is 0.412 bits per heavy atom. The molecule has 0 aromatic heterocycles. The molecule has 102 heavy (non-hydrogen) atoms. The van der Waals surface area contributed by atoms with Crippen LogP contribution in [0, 0.1) is 47.3 Å². The summed E-state index contributed by atoms with van der Waals surface area (Å²) in [6.45, 7) is 0. The molecule has 10 aliphatic carbocycles. The van der Waals surface area contributed by atoms with Gasteiger partial charge in [0.1, 0.15) is 0 Å². The number of rotatable bonds is 7. The Balaban J connectivity index is 0.000000130. The second-order valence-electron chi connectivity index (χ2n) is 32.1. The molecule has 0 N–H and O–H groups in total. The highest BCUT2D eigenvalue weighted by molar-refractivity contribution is 6.23. The van der Waals surface area contributed by atoms with Gasteiger partial charge in [-0.2, -0.15) is 0 Å². The lowest BCUT2D eigenvalue weighted by Gasteiger charge is -2.61. The highest BCUT2D eigenvalue weighted by Gasteiger charge is 2.63. The first kappa shape index (κ1) is 59.1. The van der Waals surface area contributed by atoms with Crippen LogP contribution in [0.2, 0.25) is 0 Å². The molecule has 8 bridgehead atoms. The van der Waals surface area contributed by atoms with Crippen LogP contribution in [-0.2, 0) is 10.8 Å². The summed E-state index contributed by atoms with van der Waals surface area (Å²) in [4.78, 5) is 0. The maximum atomic E-state index is 2.67. The van der Waals surface area contributed by atoms with Crippen LogP contribution in [0.1, 0.15) is 86.5 Å². The van der Waals surface area contributed by atoms with Crippen molar-refractivity contribution in [2.75, 3.05) is 0 Å². The fourth-order valence-corrected chi connectivity index (χ4v) is 23.9. The number of hydrogen-bond donors (Lipinski definition) is 0. The molecule has 25 rings (SSSR count). The fourth-order valence-electron chi connectivity index (χ4n) is 23.9. The van der Waals surface area contributed by atoms with Gasteiger partial charge >= 0.3 is 0 Å². The van der Waals surface area contributed by atoms with Gasteiger partial charge in [-0.15, -0.1) is 0 Å². The van der Waals surface area contributed by atoms with Crippen molar-refractivity contribution in [2.24, 2.45) is 47.3 Å². The summed E-state index contributed by atoms with van der Waals surface area (Å²) in [5, 5.41) is 10.6. The molecule has 15 aromatic rings. The normalized spacial score (nSPS) is 24.0. The molecule has 10 aliphatic rings. The van der Waals surface area contributed by atoms with E-state index in [1.165, 1.54) is 207 Å². The van der Waals surface area contributed by atoms with Gasteiger partial charge in [0, 0.05) is 10.8 Å². The van der Waals surface area contributed by atoms with Gasteiger partial charge in [0.25, 0.3) is 0 Å². The van der Waals surface area contributed by atoms with Crippen LogP contribution < -0.4 is 0 Å². The van der Waals surface area contributed by atoms with Gasteiger partial charge in [-0.25, -0.2) is 0 Å². The molecule has 8 fully saturated rings. The van der Waals surface area contributed by atoms with Crippen LogP contribution in [0.25, 0.3) is 143 Å². The topological polar surface area (TPSA) is 0 Å². The van der Waals surface area contributed by atoms with E-state index >= 15 is 0 Å². The lowest BCUT2D eigenvalue weighted by atomic mass is 9.43. The summed E-state index contributed by atoms with van der Waals surface area (Å²) in [5.41, 5.74) is 30.9. The minimum atomic E-state index is 0.157. The lowest BCUT2D eigenvalue weighted by Crippen LogP contribution is -2.55. The second kappa shape index (κ2) is 22.9. The lowest BCUT2D eigenvalue weighted by molar-refractivity contribution is -0.0399. The van der Waals surface area contributed by atoms with Crippen LogP contribution >= 0.6 is 0 Å². The molecule has 0 saturated heterocycles. The first-order valence-corrected chi connectivity index (χ1v) is 38.3. The van der Waals surface area contributed by atoms with Gasteiger partial charge in [0.15, 0.2) is 0 Å². The average molecular weight is 1310 g/mol. The molecule has 0 radical (unpaired) electrons. The summed E-state index contributed by atoms with van der Waals surface area (Å²) < 4.78 is 0. The zero-order valence-electron chi connectivity index (χ0n) is 57.7. The first-order chi connectivity index (χ1) is 50.5. The smallest absolute Gasteiger partial charge is 0.0272 e. The van der Waals surface area contributed by atoms with Crippen molar-refractivity contribution in [3.8, 4) is 100 Å². The van der Waals surface area contributed by atoms with Crippen molar-refractivity contribution in [3.05, 3.63) is 338 Å². The molecule has 8 saturated carbocycles. The Bertz CT molecular complexity index is 5720. The second-order valence-corrected chi connectivity index (χ2v) is 32.1. The minimum absolute atomic E-state index is 0.157. The summed E-state index contributed by atoms with van der Waals surface area (Å²) in [7, 11) is 0. The SMILES string of the molecule is c1ccc(-c2ccc(-c3ccc(-c4c5ccccc5c(-c5ccc6c(c5)C5(c7ccccc7-6)C6CC7CC(C6)CC5C7)c5ccccc45)cc3)cc2)cc1.c1ccc(-c2cccc(-c3c4ccccc4c(-c4ccc5c(c4)C4(c6ccccc6-5)C5CC6CC(C5)CC4C6)c4ccccc34)c2)cc1. The van der Waals surface area contributed by atoms with Crippen LogP contribution in [0.5, 0.6) is 0 Å². The Morgan fingerprint density at radius 3 is 0.775 bits per heavy atom. The summed E-state index contributed by atoms with van der Waals surface area (Å²) >= 11 is 0. The Morgan fingerprint density at radius 1 is 0.167 bits per heavy atom. The van der Waals surface area contributed by atoms with Gasteiger partial charge < -0.3 is 0 Å². The van der Waals surface area contributed by atoms with E-state index in [9.17, 15) is 0 Å².